The van der Waals surface area contributed by atoms with Gasteiger partial charge in [0.05, 0.1) is 6.10 Å². The third-order valence-corrected chi connectivity index (χ3v) is 3.31. The first kappa shape index (κ1) is 17.3. The van der Waals surface area contributed by atoms with Crippen LogP contribution >= 0.6 is 12.4 Å². The van der Waals surface area contributed by atoms with E-state index in [4.69, 9.17) is 4.74 Å². The zero-order valence-electron chi connectivity index (χ0n) is 12.9. The van der Waals surface area contributed by atoms with Gasteiger partial charge in [0.25, 0.3) is 0 Å². The molecule has 1 aliphatic heterocycles. The molecule has 1 aliphatic rings. The molecule has 1 N–H and O–H groups in total. The minimum absolute atomic E-state index is 0. The van der Waals surface area contributed by atoms with Crippen LogP contribution in [0.25, 0.3) is 0 Å². The maximum atomic E-state index is 5.76. The van der Waals surface area contributed by atoms with Gasteiger partial charge in [-0.25, -0.2) is 0 Å². The Kier molecular flexibility index (Phi) is 6.80. The smallest absolute Gasteiger partial charge is 0.120 e. The molecular formula is C16H27ClN2O. The first-order valence-electron chi connectivity index (χ1n) is 7.27. The van der Waals surface area contributed by atoms with Crippen molar-refractivity contribution in [2.45, 2.75) is 52.4 Å². The fraction of sp³-hybridized carbons (Fsp3) is 0.625. The molecule has 114 valence electrons. The maximum absolute atomic E-state index is 5.76. The molecule has 0 spiro atoms. The summed E-state index contributed by atoms with van der Waals surface area (Å²) < 4.78 is 5.76. The van der Waals surface area contributed by atoms with Gasteiger partial charge in [0, 0.05) is 31.7 Å². The predicted molar refractivity (Wildman–Crippen MR) is 86.8 cm³/mol. The normalized spacial score (nSPS) is 23.4. The van der Waals surface area contributed by atoms with Crippen molar-refractivity contribution in [3.8, 4) is 5.75 Å². The summed E-state index contributed by atoms with van der Waals surface area (Å²) in [6, 6.07) is 9.61. The van der Waals surface area contributed by atoms with Crippen molar-refractivity contribution in [3.63, 3.8) is 0 Å². The predicted octanol–water partition coefficient (Wildman–Crippen LogP) is 3.08. The van der Waals surface area contributed by atoms with Crippen LogP contribution in [0.3, 0.4) is 0 Å². The van der Waals surface area contributed by atoms with Crippen molar-refractivity contribution >= 4 is 12.4 Å². The molecule has 0 saturated carbocycles. The van der Waals surface area contributed by atoms with Crippen molar-refractivity contribution in [2.75, 3.05) is 13.1 Å². The lowest BCUT2D eigenvalue weighted by Gasteiger charge is -2.36. The van der Waals surface area contributed by atoms with E-state index in [-0.39, 0.29) is 18.5 Å². The maximum Gasteiger partial charge on any atom is 0.120 e. The molecule has 20 heavy (non-hydrogen) atoms. The van der Waals surface area contributed by atoms with Gasteiger partial charge in [-0.3, -0.25) is 4.90 Å². The van der Waals surface area contributed by atoms with Gasteiger partial charge in [0.1, 0.15) is 5.75 Å². The molecule has 0 aliphatic carbocycles. The average Bonchev–Trinajstić information content (AvgIpc) is 2.26. The fourth-order valence-corrected chi connectivity index (χ4v) is 2.82. The van der Waals surface area contributed by atoms with Gasteiger partial charge in [-0.15, -0.1) is 12.4 Å². The monoisotopic (exact) mass is 298 g/mol. The van der Waals surface area contributed by atoms with Gasteiger partial charge in [0.15, 0.2) is 0 Å². The largest absolute Gasteiger partial charge is 0.491 e. The lowest BCUT2D eigenvalue weighted by molar-refractivity contribution is 0.166. The third kappa shape index (κ3) is 5.31. The molecule has 2 unspecified atom stereocenters. The number of nitrogens with zero attached hydrogens (tertiary/aromatic N) is 1. The van der Waals surface area contributed by atoms with E-state index in [2.05, 4.69) is 56.1 Å². The van der Waals surface area contributed by atoms with Crippen LogP contribution < -0.4 is 10.1 Å². The summed E-state index contributed by atoms with van der Waals surface area (Å²) in [7, 11) is 0. The van der Waals surface area contributed by atoms with E-state index < -0.39 is 0 Å². The van der Waals surface area contributed by atoms with Crippen LogP contribution in [0, 0.1) is 0 Å². The van der Waals surface area contributed by atoms with E-state index in [9.17, 15) is 0 Å². The van der Waals surface area contributed by atoms with E-state index in [0.29, 0.717) is 12.1 Å². The fourth-order valence-electron chi connectivity index (χ4n) is 2.82. The number of rotatable bonds is 4. The summed E-state index contributed by atoms with van der Waals surface area (Å²) >= 11 is 0. The first-order valence-corrected chi connectivity index (χ1v) is 7.27. The van der Waals surface area contributed by atoms with Crippen LogP contribution in [0.2, 0.25) is 0 Å². The van der Waals surface area contributed by atoms with Crippen molar-refractivity contribution < 1.29 is 4.74 Å². The molecule has 2 atom stereocenters. The Bertz CT molecular complexity index is 401. The minimum Gasteiger partial charge on any atom is -0.491 e. The Hall–Kier alpha value is -0.770. The summed E-state index contributed by atoms with van der Waals surface area (Å²) in [6.45, 7) is 11.9. The zero-order chi connectivity index (χ0) is 13.8. The number of benzene rings is 1. The highest BCUT2D eigenvalue weighted by atomic mass is 35.5. The lowest BCUT2D eigenvalue weighted by atomic mass is 10.1. The molecular weight excluding hydrogens is 272 g/mol. The van der Waals surface area contributed by atoms with E-state index in [1.165, 1.54) is 5.56 Å². The number of nitrogens with one attached hydrogen (secondary N) is 1. The molecule has 0 radical (unpaired) electrons. The molecule has 1 aromatic carbocycles. The van der Waals surface area contributed by atoms with Crippen LogP contribution in [-0.4, -0.2) is 36.2 Å². The first-order chi connectivity index (χ1) is 9.02. The lowest BCUT2D eigenvalue weighted by Crippen LogP contribution is -2.53. The molecule has 0 amide bonds. The molecule has 1 aromatic rings. The second kappa shape index (κ2) is 7.87. The van der Waals surface area contributed by atoms with Gasteiger partial charge in [-0.2, -0.15) is 0 Å². The van der Waals surface area contributed by atoms with Gasteiger partial charge in [-0.1, -0.05) is 12.1 Å². The third-order valence-electron chi connectivity index (χ3n) is 3.31. The highest BCUT2D eigenvalue weighted by Crippen LogP contribution is 2.17. The number of hydrogen-bond donors (Lipinski definition) is 1. The number of halogens is 1. The summed E-state index contributed by atoms with van der Waals surface area (Å²) in [4.78, 5) is 2.51. The van der Waals surface area contributed by atoms with Crippen molar-refractivity contribution in [1.82, 2.24) is 10.2 Å². The molecule has 1 saturated heterocycles. The SMILES string of the molecule is CC1CN(Cc2cccc(OC(C)C)c2)CC(C)N1.Cl. The van der Waals surface area contributed by atoms with Gasteiger partial charge >= 0.3 is 0 Å². The number of ether oxygens (including phenoxy) is 1. The molecule has 0 bridgehead atoms. The second-order valence-corrected chi connectivity index (χ2v) is 5.98. The van der Waals surface area contributed by atoms with Gasteiger partial charge in [0.2, 0.25) is 0 Å². The van der Waals surface area contributed by atoms with Crippen LogP contribution in [0.5, 0.6) is 5.75 Å². The quantitative estimate of drug-likeness (QED) is 0.924. The van der Waals surface area contributed by atoms with Crippen LogP contribution in [0.4, 0.5) is 0 Å². The average molecular weight is 299 g/mol. The number of piperazine rings is 1. The molecule has 1 fully saturated rings. The summed E-state index contributed by atoms with van der Waals surface area (Å²) in [5.41, 5.74) is 1.33. The zero-order valence-corrected chi connectivity index (χ0v) is 13.7. The summed E-state index contributed by atoms with van der Waals surface area (Å²) in [5, 5.41) is 3.57. The highest BCUT2D eigenvalue weighted by molar-refractivity contribution is 5.85. The molecule has 2 rings (SSSR count). The van der Waals surface area contributed by atoms with Crippen molar-refractivity contribution in [3.05, 3.63) is 29.8 Å². The second-order valence-electron chi connectivity index (χ2n) is 5.98. The minimum atomic E-state index is 0. The Morgan fingerprint density at radius 3 is 2.50 bits per heavy atom. The Labute approximate surface area is 129 Å². The van der Waals surface area contributed by atoms with Crippen LogP contribution in [0.15, 0.2) is 24.3 Å². The van der Waals surface area contributed by atoms with Crippen LogP contribution in [0.1, 0.15) is 33.3 Å². The molecule has 0 aromatic heterocycles. The van der Waals surface area contributed by atoms with Crippen molar-refractivity contribution in [2.24, 2.45) is 0 Å². The van der Waals surface area contributed by atoms with Crippen molar-refractivity contribution in [1.29, 1.82) is 0 Å². The van der Waals surface area contributed by atoms with Gasteiger partial charge in [-0.05, 0) is 45.4 Å². The number of hydrogen-bond acceptors (Lipinski definition) is 3. The standard InChI is InChI=1S/C16H26N2O.ClH/c1-12(2)19-16-7-5-6-15(8-16)11-18-9-13(3)17-14(4)10-18;/h5-8,12-14,17H,9-11H2,1-4H3;1H. The van der Waals surface area contributed by atoms with E-state index in [1.807, 2.05) is 6.07 Å². The van der Waals surface area contributed by atoms with E-state index in [0.717, 1.165) is 25.4 Å². The molecule has 4 heteroatoms. The highest BCUT2D eigenvalue weighted by Gasteiger charge is 2.20. The van der Waals surface area contributed by atoms with Crippen LogP contribution in [-0.2, 0) is 6.54 Å². The van der Waals surface area contributed by atoms with Gasteiger partial charge < -0.3 is 10.1 Å². The summed E-state index contributed by atoms with van der Waals surface area (Å²) in [6.07, 6.45) is 0.231. The van der Waals surface area contributed by atoms with E-state index in [1.54, 1.807) is 0 Å². The topological polar surface area (TPSA) is 24.5 Å². The molecule has 3 nitrogen and oxygen atoms in total. The van der Waals surface area contributed by atoms with E-state index >= 15 is 0 Å². The summed E-state index contributed by atoms with van der Waals surface area (Å²) in [5.74, 6) is 0.976. The Balaban J connectivity index is 0.00000200. The molecule has 1 heterocycles. The Morgan fingerprint density at radius 1 is 1.25 bits per heavy atom. The Morgan fingerprint density at radius 2 is 1.90 bits per heavy atom.